The molecule has 0 aliphatic carbocycles. The third-order valence-corrected chi connectivity index (χ3v) is 7.85. The Kier molecular flexibility index (Phi) is 5.63. The Balaban J connectivity index is 2.12. The van der Waals surface area contributed by atoms with Gasteiger partial charge in [0.2, 0.25) is 0 Å². The maximum absolute atomic E-state index is 14.3. The molecule has 2 aromatic carbocycles. The highest BCUT2D eigenvalue weighted by atomic mass is 32.2. The molecule has 170 valence electrons. The van der Waals surface area contributed by atoms with E-state index in [1.54, 1.807) is 0 Å². The van der Waals surface area contributed by atoms with E-state index in [4.69, 9.17) is 0 Å². The van der Waals surface area contributed by atoms with Crippen molar-refractivity contribution in [2.24, 2.45) is 0 Å². The molecule has 1 fully saturated rings. The molecule has 0 saturated carbocycles. The highest BCUT2D eigenvalue weighted by Crippen LogP contribution is 2.53. The van der Waals surface area contributed by atoms with Crippen molar-refractivity contribution in [3.63, 3.8) is 0 Å². The number of halogens is 8. The molecular weight excluding hydrogens is 458 g/mol. The Morgan fingerprint density at radius 2 is 1.32 bits per heavy atom. The standard InChI is InChI=1S/C19H15F8NO2S/c20-14-5-7-15(8-6-14)31(29,30)16(9-10-28-11-16)12-1-3-13(4-2-12)17(21,18(22,23)24)19(25,26)27/h1-8,28H,9-11H2. The minimum atomic E-state index is -6.28. The summed E-state index contributed by atoms with van der Waals surface area (Å²) < 4.78 is 130. The molecule has 1 unspecified atom stereocenters. The molecule has 1 saturated heterocycles. The first-order valence-electron chi connectivity index (χ1n) is 8.81. The largest absolute Gasteiger partial charge is 0.435 e. The lowest BCUT2D eigenvalue weighted by atomic mass is 9.90. The molecule has 1 aliphatic heterocycles. The van der Waals surface area contributed by atoms with E-state index in [0.717, 1.165) is 36.4 Å². The van der Waals surface area contributed by atoms with Crippen molar-refractivity contribution in [1.29, 1.82) is 0 Å². The second-order valence-electron chi connectivity index (χ2n) is 7.11. The predicted octanol–water partition coefficient (Wildman–Crippen LogP) is 4.78. The average Bonchev–Trinajstić information content (AvgIpc) is 3.18. The Morgan fingerprint density at radius 3 is 1.74 bits per heavy atom. The van der Waals surface area contributed by atoms with Gasteiger partial charge in [0.05, 0.1) is 4.90 Å². The molecule has 1 heterocycles. The van der Waals surface area contributed by atoms with Gasteiger partial charge in [-0.15, -0.1) is 0 Å². The van der Waals surface area contributed by atoms with Crippen LogP contribution in [0.25, 0.3) is 0 Å². The average molecular weight is 473 g/mol. The number of rotatable bonds is 4. The molecule has 3 nitrogen and oxygen atoms in total. The van der Waals surface area contributed by atoms with Crippen LogP contribution in [0.5, 0.6) is 0 Å². The van der Waals surface area contributed by atoms with Crippen LogP contribution in [0.2, 0.25) is 0 Å². The highest BCUT2D eigenvalue weighted by molar-refractivity contribution is 7.92. The predicted molar refractivity (Wildman–Crippen MR) is 94.1 cm³/mol. The molecule has 0 spiro atoms. The van der Waals surface area contributed by atoms with Crippen LogP contribution in [0.15, 0.2) is 53.4 Å². The lowest BCUT2D eigenvalue weighted by Gasteiger charge is -2.32. The van der Waals surface area contributed by atoms with Gasteiger partial charge in [-0.3, -0.25) is 0 Å². The number of benzene rings is 2. The topological polar surface area (TPSA) is 46.2 Å². The first-order valence-corrected chi connectivity index (χ1v) is 10.3. The number of sulfone groups is 1. The van der Waals surface area contributed by atoms with E-state index in [0.29, 0.717) is 0 Å². The van der Waals surface area contributed by atoms with Crippen LogP contribution in [0.4, 0.5) is 35.1 Å². The van der Waals surface area contributed by atoms with Gasteiger partial charge in [0.1, 0.15) is 10.6 Å². The number of nitrogens with one attached hydrogen (secondary N) is 1. The van der Waals surface area contributed by atoms with E-state index < -0.39 is 44.0 Å². The lowest BCUT2D eigenvalue weighted by molar-refractivity contribution is -0.348. The fourth-order valence-electron chi connectivity index (χ4n) is 3.63. The van der Waals surface area contributed by atoms with Crippen LogP contribution >= 0.6 is 0 Å². The van der Waals surface area contributed by atoms with Gasteiger partial charge in [0.25, 0.3) is 0 Å². The molecule has 0 bridgehead atoms. The number of hydrogen-bond acceptors (Lipinski definition) is 3. The van der Waals surface area contributed by atoms with Crippen molar-refractivity contribution in [3.8, 4) is 0 Å². The van der Waals surface area contributed by atoms with Crippen molar-refractivity contribution in [2.75, 3.05) is 13.1 Å². The van der Waals surface area contributed by atoms with Crippen LogP contribution in [-0.2, 0) is 20.3 Å². The lowest BCUT2D eigenvalue weighted by Crippen LogP contribution is -2.50. The molecule has 1 aliphatic rings. The minimum Gasteiger partial charge on any atom is -0.315 e. The van der Waals surface area contributed by atoms with Crippen molar-refractivity contribution in [2.45, 2.75) is 34.1 Å². The monoisotopic (exact) mass is 473 g/mol. The maximum Gasteiger partial charge on any atom is 0.435 e. The molecule has 1 N–H and O–H groups in total. The fraction of sp³-hybridized carbons (Fsp3) is 0.368. The fourth-order valence-corrected chi connectivity index (χ4v) is 5.69. The summed E-state index contributed by atoms with van der Waals surface area (Å²) in [4.78, 5) is -0.271. The molecular formula is C19H15F8NO2S. The van der Waals surface area contributed by atoms with Crippen molar-refractivity contribution < 1.29 is 43.5 Å². The molecule has 12 heteroatoms. The van der Waals surface area contributed by atoms with Crippen LogP contribution in [0.1, 0.15) is 17.5 Å². The smallest absolute Gasteiger partial charge is 0.315 e. The van der Waals surface area contributed by atoms with Gasteiger partial charge in [-0.1, -0.05) is 24.3 Å². The summed E-state index contributed by atoms with van der Waals surface area (Å²) in [5.74, 6) is -0.694. The Labute approximate surface area is 172 Å². The normalized spacial score (nSPS) is 20.8. The van der Waals surface area contributed by atoms with Crippen LogP contribution in [-0.4, -0.2) is 33.9 Å². The minimum absolute atomic E-state index is 0.0502. The summed E-state index contributed by atoms with van der Waals surface area (Å²) >= 11 is 0. The van der Waals surface area contributed by atoms with Crippen LogP contribution in [0.3, 0.4) is 0 Å². The van der Waals surface area contributed by atoms with E-state index in [1.165, 1.54) is 0 Å². The molecule has 0 radical (unpaired) electrons. The number of hydrogen-bond donors (Lipinski definition) is 1. The van der Waals surface area contributed by atoms with E-state index in [2.05, 4.69) is 5.32 Å². The summed E-state index contributed by atoms with van der Waals surface area (Å²) in [7, 11) is -4.24. The number of alkyl halides is 7. The summed E-state index contributed by atoms with van der Waals surface area (Å²) in [5, 5.41) is 2.80. The zero-order valence-electron chi connectivity index (χ0n) is 15.5. The Hall–Kier alpha value is -2.21. The maximum atomic E-state index is 14.3. The summed E-state index contributed by atoms with van der Waals surface area (Å²) in [6, 6.07) is 5.92. The SMILES string of the molecule is O=S(=O)(c1ccc(F)cc1)C1(c2ccc(C(F)(C(F)(F)F)C(F)(F)F)cc2)CCNC1. The van der Waals surface area contributed by atoms with Gasteiger partial charge < -0.3 is 5.32 Å². The molecule has 1 atom stereocenters. The molecule has 31 heavy (non-hydrogen) atoms. The highest BCUT2D eigenvalue weighted by Gasteiger charge is 2.73. The van der Waals surface area contributed by atoms with Crippen LogP contribution in [0, 0.1) is 5.82 Å². The first-order chi connectivity index (χ1) is 14.2. The van der Waals surface area contributed by atoms with Gasteiger partial charge in [-0.25, -0.2) is 17.2 Å². The zero-order chi connectivity index (χ0) is 23.3. The molecule has 0 aromatic heterocycles. The zero-order valence-corrected chi connectivity index (χ0v) is 16.3. The molecule has 2 aromatic rings. The van der Waals surface area contributed by atoms with Gasteiger partial charge in [-0.2, -0.15) is 26.3 Å². The van der Waals surface area contributed by atoms with Gasteiger partial charge >= 0.3 is 18.0 Å². The van der Waals surface area contributed by atoms with E-state index in [1.807, 2.05) is 0 Å². The Bertz CT molecular complexity index is 1020. The van der Waals surface area contributed by atoms with Crippen molar-refractivity contribution >= 4 is 9.84 Å². The van der Waals surface area contributed by atoms with E-state index in [-0.39, 0.29) is 42.1 Å². The third kappa shape index (κ3) is 3.59. The van der Waals surface area contributed by atoms with E-state index >= 15 is 0 Å². The summed E-state index contributed by atoms with van der Waals surface area (Å²) in [6.45, 7) is 0.00565. The first kappa shape index (κ1) is 23.5. The quantitative estimate of drug-likeness (QED) is 0.514. The third-order valence-electron chi connectivity index (χ3n) is 5.34. The molecule has 0 amide bonds. The van der Waals surface area contributed by atoms with E-state index in [9.17, 15) is 43.5 Å². The van der Waals surface area contributed by atoms with Gasteiger partial charge in [-0.05, 0) is 42.8 Å². The van der Waals surface area contributed by atoms with Gasteiger partial charge in [0.15, 0.2) is 9.84 Å². The second kappa shape index (κ2) is 7.44. The summed E-state index contributed by atoms with van der Waals surface area (Å²) in [5.41, 5.74) is -7.44. The molecule has 3 rings (SSSR count). The van der Waals surface area contributed by atoms with Gasteiger partial charge in [0, 0.05) is 12.1 Å². The van der Waals surface area contributed by atoms with Crippen LogP contribution < -0.4 is 5.32 Å². The Morgan fingerprint density at radius 1 is 0.806 bits per heavy atom. The van der Waals surface area contributed by atoms with Crippen molar-refractivity contribution in [3.05, 3.63) is 65.5 Å². The van der Waals surface area contributed by atoms with Crippen molar-refractivity contribution in [1.82, 2.24) is 5.32 Å². The second-order valence-corrected chi connectivity index (χ2v) is 9.37. The summed E-state index contributed by atoms with van der Waals surface area (Å²) in [6.07, 6.45) is -12.6.